The predicted octanol–water partition coefficient (Wildman–Crippen LogP) is 5.66. The third-order valence-electron chi connectivity index (χ3n) is 5.29. The van der Waals surface area contributed by atoms with E-state index in [0.717, 1.165) is 16.0 Å². The molecular formula is C26H20BrClN2O5. The van der Waals surface area contributed by atoms with E-state index in [2.05, 4.69) is 21.2 Å². The number of ether oxygens (including phenoxy) is 2. The van der Waals surface area contributed by atoms with Gasteiger partial charge in [-0.3, -0.25) is 14.9 Å². The van der Waals surface area contributed by atoms with Crippen LogP contribution in [0, 0.1) is 6.92 Å². The normalized spacial score (nSPS) is 14.8. The molecule has 0 bridgehead atoms. The molecule has 0 radical (unpaired) electrons. The molecule has 3 aromatic carbocycles. The molecule has 9 heteroatoms. The Hall–Kier alpha value is -3.62. The molecule has 1 N–H and O–H groups in total. The number of carbonyl (C=O) groups excluding carboxylic acids is 3. The summed E-state index contributed by atoms with van der Waals surface area (Å²) in [6.45, 7) is 2.10. The van der Waals surface area contributed by atoms with Crippen LogP contribution in [0.15, 0.2) is 70.7 Å². The van der Waals surface area contributed by atoms with E-state index >= 15 is 0 Å². The number of carbonyl (C=O) groups is 3. The number of nitrogens with one attached hydrogen (secondary N) is 1. The van der Waals surface area contributed by atoms with E-state index in [9.17, 15) is 14.4 Å². The maximum absolute atomic E-state index is 13.1. The minimum Gasteiger partial charge on any atom is -0.493 e. The fourth-order valence-corrected chi connectivity index (χ4v) is 4.25. The molecule has 0 saturated carbocycles. The number of hydrogen-bond acceptors (Lipinski definition) is 5. The lowest BCUT2D eigenvalue weighted by atomic mass is 10.1. The number of imide groups is 2. The summed E-state index contributed by atoms with van der Waals surface area (Å²) in [7, 11) is 1.48. The van der Waals surface area contributed by atoms with Gasteiger partial charge in [0, 0.05) is 10.6 Å². The number of hydrogen-bond donors (Lipinski definition) is 1. The van der Waals surface area contributed by atoms with Gasteiger partial charge < -0.3 is 9.47 Å². The van der Waals surface area contributed by atoms with Crippen molar-refractivity contribution in [1.82, 2.24) is 5.32 Å². The Bertz CT molecular complexity index is 1350. The van der Waals surface area contributed by atoms with E-state index in [0.29, 0.717) is 32.2 Å². The van der Waals surface area contributed by atoms with Gasteiger partial charge in [0.15, 0.2) is 11.5 Å². The van der Waals surface area contributed by atoms with Gasteiger partial charge in [-0.2, -0.15) is 0 Å². The van der Waals surface area contributed by atoms with E-state index in [4.69, 9.17) is 21.1 Å². The highest BCUT2D eigenvalue weighted by molar-refractivity contribution is 9.10. The van der Waals surface area contributed by atoms with E-state index in [1.165, 1.54) is 13.2 Å². The number of urea groups is 1. The summed E-state index contributed by atoms with van der Waals surface area (Å²) in [5, 5.41) is 2.80. The standard InChI is InChI=1S/C26H20BrClN2O5/c1-15-7-9-18(10-8-15)30-25(32)19(24(31)29-26(30)33)11-16-12-20(27)23(22(13-16)34-2)35-14-17-5-3-4-6-21(17)28/h3-13H,14H2,1-2H3,(H,29,31,33). The van der Waals surface area contributed by atoms with Gasteiger partial charge >= 0.3 is 6.03 Å². The molecular weight excluding hydrogens is 536 g/mol. The first-order chi connectivity index (χ1) is 16.8. The number of aryl methyl sites for hydroxylation is 1. The van der Waals surface area contributed by atoms with Gasteiger partial charge in [-0.25, -0.2) is 9.69 Å². The average Bonchev–Trinajstić information content (AvgIpc) is 2.83. The lowest BCUT2D eigenvalue weighted by molar-refractivity contribution is -0.122. The van der Waals surface area contributed by atoms with Gasteiger partial charge in [0.25, 0.3) is 11.8 Å². The van der Waals surface area contributed by atoms with E-state index < -0.39 is 17.8 Å². The van der Waals surface area contributed by atoms with E-state index in [1.54, 1.807) is 42.5 Å². The van der Waals surface area contributed by atoms with Crippen molar-refractivity contribution in [3.8, 4) is 11.5 Å². The van der Waals surface area contributed by atoms with Crippen molar-refractivity contribution >= 4 is 57.1 Å². The molecule has 3 aromatic rings. The van der Waals surface area contributed by atoms with Gasteiger partial charge in [0.1, 0.15) is 12.2 Å². The summed E-state index contributed by atoms with van der Waals surface area (Å²) in [5.74, 6) is -0.687. The van der Waals surface area contributed by atoms with Crippen molar-refractivity contribution in [2.75, 3.05) is 12.0 Å². The van der Waals surface area contributed by atoms with E-state index in [1.807, 2.05) is 25.1 Å². The van der Waals surface area contributed by atoms with Crippen molar-refractivity contribution in [2.45, 2.75) is 13.5 Å². The Balaban J connectivity index is 1.64. The number of nitrogens with zero attached hydrogens (tertiary/aromatic N) is 1. The van der Waals surface area contributed by atoms with Gasteiger partial charge in [0.05, 0.1) is 17.3 Å². The highest BCUT2D eigenvalue weighted by Gasteiger charge is 2.36. The number of barbiturate groups is 1. The molecule has 4 amide bonds. The minimum atomic E-state index is -0.803. The molecule has 0 unspecified atom stereocenters. The molecule has 1 heterocycles. The van der Waals surface area contributed by atoms with Crippen LogP contribution in [0.4, 0.5) is 10.5 Å². The second-order valence-electron chi connectivity index (χ2n) is 7.71. The van der Waals surface area contributed by atoms with Crippen LogP contribution in [-0.4, -0.2) is 25.0 Å². The first-order valence-corrected chi connectivity index (χ1v) is 11.7. The first-order valence-electron chi connectivity index (χ1n) is 10.5. The molecule has 1 fully saturated rings. The largest absolute Gasteiger partial charge is 0.493 e. The maximum Gasteiger partial charge on any atom is 0.335 e. The van der Waals surface area contributed by atoms with Crippen molar-refractivity contribution < 1.29 is 23.9 Å². The summed E-state index contributed by atoms with van der Waals surface area (Å²) in [6.07, 6.45) is 1.40. The van der Waals surface area contributed by atoms with Crippen LogP contribution in [-0.2, 0) is 16.2 Å². The monoisotopic (exact) mass is 554 g/mol. The molecule has 1 aliphatic rings. The number of benzene rings is 3. The Kier molecular flexibility index (Phi) is 7.23. The van der Waals surface area contributed by atoms with Crippen LogP contribution in [0.2, 0.25) is 5.02 Å². The quantitative estimate of drug-likeness (QED) is 0.313. The highest BCUT2D eigenvalue weighted by Crippen LogP contribution is 2.38. The number of amides is 4. The number of anilines is 1. The summed E-state index contributed by atoms with van der Waals surface area (Å²) >= 11 is 9.68. The fourth-order valence-electron chi connectivity index (χ4n) is 3.48. The van der Waals surface area contributed by atoms with Crippen LogP contribution in [0.5, 0.6) is 11.5 Å². The van der Waals surface area contributed by atoms with Gasteiger partial charge in [-0.05, 0) is 64.8 Å². The Morgan fingerprint density at radius 2 is 1.77 bits per heavy atom. The predicted molar refractivity (Wildman–Crippen MR) is 137 cm³/mol. The third kappa shape index (κ3) is 5.23. The van der Waals surface area contributed by atoms with Crippen molar-refractivity contribution in [1.29, 1.82) is 0 Å². The molecule has 1 aliphatic heterocycles. The van der Waals surface area contributed by atoms with Crippen LogP contribution in [0.25, 0.3) is 6.08 Å². The zero-order valence-corrected chi connectivity index (χ0v) is 21.1. The van der Waals surface area contributed by atoms with Crippen LogP contribution < -0.4 is 19.7 Å². The second kappa shape index (κ2) is 10.3. The van der Waals surface area contributed by atoms with Crippen LogP contribution in [0.1, 0.15) is 16.7 Å². The van der Waals surface area contributed by atoms with Gasteiger partial charge in [-0.15, -0.1) is 0 Å². The Morgan fingerprint density at radius 3 is 2.46 bits per heavy atom. The minimum absolute atomic E-state index is 0.191. The maximum atomic E-state index is 13.1. The van der Waals surface area contributed by atoms with Crippen molar-refractivity contribution in [2.24, 2.45) is 0 Å². The summed E-state index contributed by atoms with van der Waals surface area (Å²) in [4.78, 5) is 39.0. The molecule has 1 saturated heterocycles. The highest BCUT2D eigenvalue weighted by atomic mass is 79.9. The Labute approximate surface area is 215 Å². The fraction of sp³-hybridized carbons (Fsp3) is 0.115. The summed E-state index contributed by atoms with van der Waals surface area (Å²) < 4.78 is 12.0. The summed E-state index contributed by atoms with van der Waals surface area (Å²) in [5.41, 5.74) is 2.44. The molecule has 7 nitrogen and oxygen atoms in total. The van der Waals surface area contributed by atoms with Crippen LogP contribution >= 0.6 is 27.5 Å². The molecule has 178 valence electrons. The first kappa shape index (κ1) is 24.5. The Morgan fingerprint density at radius 1 is 1.06 bits per heavy atom. The topological polar surface area (TPSA) is 84.9 Å². The molecule has 0 atom stereocenters. The lowest BCUT2D eigenvalue weighted by Gasteiger charge is -2.26. The van der Waals surface area contributed by atoms with Gasteiger partial charge in [-0.1, -0.05) is 47.5 Å². The SMILES string of the molecule is COc1cc(C=C2C(=O)NC(=O)N(c3ccc(C)cc3)C2=O)cc(Br)c1OCc1ccccc1Cl. The van der Waals surface area contributed by atoms with Crippen molar-refractivity contribution in [3.05, 3.63) is 92.4 Å². The number of methoxy groups -OCH3 is 1. The summed E-state index contributed by atoms with van der Waals surface area (Å²) in [6, 6.07) is 16.7. The van der Waals surface area contributed by atoms with Crippen molar-refractivity contribution in [3.63, 3.8) is 0 Å². The average molecular weight is 556 g/mol. The smallest absolute Gasteiger partial charge is 0.335 e. The third-order valence-corrected chi connectivity index (χ3v) is 6.24. The number of rotatable bonds is 6. The number of halogens is 2. The molecule has 0 aliphatic carbocycles. The zero-order valence-electron chi connectivity index (χ0n) is 18.8. The molecule has 0 aromatic heterocycles. The van der Waals surface area contributed by atoms with E-state index in [-0.39, 0.29) is 12.2 Å². The van der Waals surface area contributed by atoms with Crippen LogP contribution in [0.3, 0.4) is 0 Å². The molecule has 0 spiro atoms. The second-order valence-corrected chi connectivity index (χ2v) is 8.97. The lowest BCUT2D eigenvalue weighted by Crippen LogP contribution is -2.54. The van der Waals surface area contributed by atoms with Gasteiger partial charge in [0.2, 0.25) is 0 Å². The zero-order chi connectivity index (χ0) is 25.1. The molecule has 35 heavy (non-hydrogen) atoms. The molecule has 4 rings (SSSR count).